The number of carbonyl (C=O) groups excluding carboxylic acids is 1. The van der Waals surface area contributed by atoms with Crippen molar-refractivity contribution in [3.05, 3.63) is 81.5 Å². The maximum absolute atomic E-state index is 12.7. The van der Waals surface area contributed by atoms with Gasteiger partial charge in [-0.05, 0) is 18.1 Å². The van der Waals surface area contributed by atoms with Crippen molar-refractivity contribution in [3.63, 3.8) is 0 Å². The summed E-state index contributed by atoms with van der Waals surface area (Å²) in [7, 11) is 0. The van der Waals surface area contributed by atoms with E-state index in [2.05, 4.69) is 46.5 Å². The third-order valence-corrected chi connectivity index (χ3v) is 5.27. The number of aromatic amines is 1. The second kappa shape index (κ2) is 7.78. The average Bonchev–Trinajstić information content (AvgIpc) is 3.16. The number of nitrogens with one attached hydrogen (secondary N) is 2. The maximum Gasteiger partial charge on any atom is 0.258 e. The number of thiazole rings is 1. The van der Waals surface area contributed by atoms with Crippen LogP contribution in [0.2, 0.25) is 0 Å². The lowest BCUT2D eigenvalue weighted by atomic mass is 10.1. The van der Waals surface area contributed by atoms with Crippen molar-refractivity contribution in [2.75, 3.05) is 5.32 Å². The van der Waals surface area contributed by atoms with Crippen LogP contribution in [-0.2, 0) is 6.42 Å². The summed E-state index contributed by atoms with van der Waals surface area (Å²) in [5, 5.41) is 5.93. The highest BCUT2D eigenvalue weighted by molar-refractivity contribution is 7.14. The van der Waals surface area contributed by atoms with Gasteiger partial charge in [0, 0.05) is 27.9 Å². The van der Waals surface area contributed by atoms with Crippen LogP contribution in [0.15, 0.2) is 64.8 Å². The van der Waals surface area contributed by atoms with Crippen LogP contribution in [0.1, 0.15) is 29.3 Å². The van der Waals surface area contributed by atoms with E-state index >= 15 is 0 Å². The molecule has 0 spiro atoms. The van der Waals surface area contributed by atoms with E-state index in [1.165, 1.54) is 23.0 Å². The molecule has 0 aliphatic carbocycles. The topological polar surface area (TPSA) is 74.8 Å². The fourth-order valence-corrected chi connectivity index (χ4v) is 3.87. The summed E-state index contributed by atoms with van der Waals surface area (Å²) in [4.78, 5) is 31.9. The van der Waals surface area contributed by atoms with Crippen LogP contribution in [0, 0.1) is 0 Å². The first-order valence-electron chi connectivity index (χ1n) is 9.12. The standard InChI is InChI=1S/C22H19N3O2S/c1-2-5-14-8-10-15(11-9-14)19-13-28-22(24-19)25-21(27)17-12-20(26)23-18-7-4-3-6-16(17)18/h3-4,6-13H,2,5H2,1H3,(H,23,26)(H,24,25,27). The number of hydrogen-bond donors (Lipinski definition) is 2. The summed E-state index contributed by atoms with van der Waals surface area (Å²) >= 11 is 1.36. The molecule has 0 aliphatic heterocycles. The summed E-state index contributed by atoms with van der Waals surface area (Å²) in [5.74, 6) is -0.346. The fourth-order valence-electron chi connectivity index (χ4n) is 3.15. The molecule has 2 aromatic heterocycles. The van der Waals surface area contributed by atoms with E-state index in [-0.39, 0.29) is 11.5 Å². The van der Waals surface area contributed by atoms with Gasteiger partial charge in [-0.25, -0.2) is 4.98 Å². The lowest BCUT2D eigenvalue weighted by molar-refractivity contribution is 0.102. The first-order chi connectivity index (χ1) is 13.6. The molecule has 0 atom stereocenters. The first-order valence-corrected chi connectivity index (χ1v) is 10.0. The molecular formula is C22H19N3O2S. The molecule has 140 valence electrons. The number of aryl methyl sites for hydroxylation is 1. The third-order valence-electron chi connectivity index (χ3n) is 4.51. The normalized spacial score (nSPS) is 10.9. The molecule has 2 heterocycles. The minimum atomic E-state index is -0.346. The highest BCUT2D eigenvalue weighted by Crippen LogP contribution is 2.26. The number of para-hydroxylation sites is 1. The Hall–Kier alpha value is -3.25. The highest BCUT2D eigenvalue weighted by Gasteiger charge is 2.14. The van der Waals surface area contributed by atoms with Gasteiger partial charge in [-0.1, -0.05) is 55.8 Å². The molecule has 6 heteroatoms. The SMILES string of the molecule is CCCc1ccc(-c2csc(NC(=O)c3cc(=O)[nH]c4ccccc34)n2)cc1. The first kappa shape index (κ1) is 18.1. The molecule has 0 fully saturated rings. The van der Waals surface area contributed by atoms with Crippen molar-refractivity contribution in [1.29, 1.82) is 0 Å². The van der Waals surface area contributed by atoms with Gasteiger partial charge < -0.3 is 4.98 Å². The Morgan fingerprint density at radius 2 is 1.93 bits per heavy atom. The van der Waals surface area contributed by atoms with Gasteiger partial charge in [-0.15, -0.1) is 11.3 Å². The van der Waals surface area contributed by atoms with E-state index in [9.17, 15) is 9.59 Å². The number of pyridine rings is 1. The van der Waals surface area contributed by atoms with Gasteiger partial charge in [0.25, 0.3) is 5.91 Å². The largest absolute Gasteiger partial charge is 0.322 e. The van der Waals surface area contributed by atoms with Crippen molar-refractivity contribution in [3.8, 4) is 11.3 Å². The fraction of sp³-hybridized carbons (Fsp3) is 0.136. The van der Waals surface area contributed by atoms with E-state index in [0.29, 0.717) is 21.6 Å². The van der Waals surface area contributed by atoms with Gasteiger partial charge in [0.2, 0.25) is 5.56 Å². The summed E-state index contributed by atoms with van der Waals surface area (Å²) in [6.45, 7) is 2.16. The van der Waals surface area contributed by atoms with Crippen molar-refractivity contribution < 1.29 is 4.79 Å². The molecule has 5 nitrogen and oxygen atoms in total. The summed E-state index contributed by atoms with van der Waals surface area (Å²) < 4.78 is 0. The van der Waals surface area contributed by atoms with Crippen molar-refractivity contribution in [2.24, 2.45) is 0 Å². The van der Waals surface area contributed by atoms with Gasteiger partial charge in [-0.3, -0.25) is 14.9 Å². The second-order valence-corrected chi connectivity index (χ2v) is 7.39. The molecule has 28 heavy (non-hydrogen) atoms. The number of rotatable bonds is 5. The monoisotopic (exact) mass is 389 g/mol. The van der Waals surface area contributed by atoms with Gasteiger partial charge in [-0.2, -0.15) is 0 Å². The predicted octanol–water partition coefficient (Wildman–Crippen LogP) is 4.86. The van der Waals surface area contributed by atoms with Gasteiger partial charge >= 0.3 is 0 Å². The van der Waals surface area contributed by atoms with Crippen LogP contribution in [0.25, 0.3) is 22.2 Å². The van der Waals surface area contributed by atoms with E-state index in [4.69, 9.17) is 0 Å². The number of aromatic nitrogens is 2. The Kier molecular flexibility index (Phi) is 5.04. The number of nitrogens with zero attached hydrogens (tertiary/aromatic N) is 1. The van der Waals surface area contributed by atoms with Crippen LogP contribution in [0.3, 0.4) is 0 Å². The predicted molar refractivity (Wildman–Crippen MR) is 114 cm³/mol. The van der Waals surface area contributed by atoms with Gasteiger partial charge in [0.1, 0.15) is 0 Å². The van der Waals surface area contributed by atoms with Gasteiger partial charge in [0.05, 0.1) is 11.3 Å². The zero-order valence-corrected chi connectivity index (χ0v) is 16.2. The Labute approximate surface area is 166 Å². The Bertz CT molecular complexity index is 1190. The Balaban J connectivity index is 1.57. The number of amides is 1. The smallest absolute Gasteiger partial charge is 0.258 e. The molecule has 4 aromatic rings. The molecule has 0 unspecified atom stereocenters. The summed E-state index contributed by atoms with van der Waals surface area (Å²) in [5.41, 5.74) is 3.79. The number of carbonyl (C=O) groups is 1. The molecule has 0 bridgehead atoms. The van der Waals surface area contributed by atoms with Crippen LogP contribution >= 0.6 is 11.3 Å². The van der Waals surface area contributed by atoms with E-state index < -0.39 is 0 Å². The Morgan fingerprint density at radius 1 is 1.14 bits per heavy atom. The number of anilines is 1. The van der Waals surface area contributed by atoms with E-state index in [0.717, 1.165) is 24.1 Å². The quantitative estimate of drug-likeness (QED) is 0.512. The minimum absolute atomic E-state index is 0.309. The molecule has 1 amide bonds. The average molecular weight is 389 g/mol. The van der Waals surface area contributed by atoms with Crippen molar-refractivity contribution >= 4 is 33.3 Å². The molecule has 0 radical (unpaired) electrons. The van der Waals surface area contributed by atoms with Crippen molar-refractivity contribution in [1.82, 2.24) is 9.97 Å². The third kappa shape index (κ3) is 3.73. The second-order valence-electron chi connectivity index (χ2n) is 6.53. The van der Waals surface area contributed by atoms with Crippen LogP contribution in [0.5, 0.6) is 0 Å². The van der Waals surface area contributed by atoms with Crippen molar-refractivity contribution in [2.45, 2.75) is 19.8 Å². The number of H-pyrrole nitrogens is 1. The van der Waals surface area contributed by atoms with Crippen LogP contribution in [0.4, 0.5) is 5.13 Å². The zero-order valence-electron chi connectivity index (χ0n) is 15.4. The molecule has 2 aromatic carbocycles. The molecule has 0 saturated carbocycles. The molecule has 4 rings (SSSR count). The van der Waals surface area contributed by atoms with E-state index in [1.54, 1.807) is 6.07 Å². The summed E-state index contributed by atoms with van der Waals surface area (Å²) in [6, 6.07) is 16.9. The minimum Gasteiger partial charge on any atom is -0.322 e. The van der Waals surface area contributed by atoms with Gasteiger partial charge in [0.15, 0.2) is 5.13 Å². The lowest BCUT2D eigenvalue weighted by Crippen LogP contribution is -2.16. The summed E-state index contributed by atoms with van der Waals surface area (Å²) in [6.07, 6.45) is 2.17. The lowest BCUT2D eigenvalue weighted by Gasteiger charge is -2.05. The van der Waals surface area contributed by atoms with Crippen LogP contribution in [-0.4, -0.2) is 15.9 Å². The number of benzene rings is 2. The molecule has 2 N–H and O–H groups in total. The number of hydrogen-bond acceptors (Lipinski definition) is 4. The maximum atomic E-state index is 12.7. The van der Waals surface area contributed by atoms with E-state index in [1.807, 2.05) is 23.6 Å². The highest BCUT2D eigenvalue weighted by atomic mass is 32.1. The molecule has 0 aliphatic rings. The molecule has 0 saturated heterocycles. The number of fused-ring (bicyclic) bond motifs is 1. The Morgan fingerprint density at radius 3 is 2.71 bits per heavy atom. The van der Waals surface area contributed by atoms with Crippen LogP contribution < -0.4 is 10.9 Å². The zero-order chi connectivity index (χ0) is 19.5. The molecular weight excluding hydrogens is 370 g/mol.